The molecule has 0 atom stereocenters. The largest absolute Gasteiger partial charge is 0.416 e. The van der Waals surface area contributed by atoms with E-state index in [2.05, 4.69) is 43.8 Å². The zero-order valence-corrected chi connectivity index (χ0v) is 18.0. The van der Waals surface area contributed by atoms with Gasteiger partial charge in [-0.15, -0.1) is 11.3 Å². The Labute approximate surface area is 185 Å². The van der Waals surface area contributed by atoms with Crippen molar-refractivity contribution in [2.24, 2.45) is 0 Å². The molecule has 0 amide bonds. The summed E-state index contributed by atoms with van der Waals surface area (Å²) in [5.41, 5.74) is 3.26. The molecular weight excluding hydrogens is 439 g/mol. The van der Waals surface area contributed by atoms with Gasteiger partial charge in [-0.1, -0.05) is 12.1 Å². The zero-order chi connectivity index (χ0) is 21.4. The summed E-state index contributed by atoms with van der Waals surface area (Å²) >= 11 is 3.53. The molecule has 0 fully saturated rings. The number of thiophene rings is 2. The predicted octanol–water partition coefficient (Wildman–Crippen LogP) is 6.51. The Morgan fingerprint density at radius 3 is 2.58 bits per heavy atom. The molecule has 0 saturated carbocycles. The van der Waals surface area contributed by atoms with Crippen molar-refractivity contribution in [3.8, 4) is 21.8 Å². The van der Waals surface area contributed by atoms with E-state index in [-0.39, 0.29) is 0 Å². The number of halogens is 3. The summed E-state index contributed by atoms with van der Waals surface area (Å²) in [6, 6.07) is 11.5. The fourth-order valence-corrected chi connectivity index (χ4v) is 5.48. The molecule has 0 saturated heterocycles. The van der Waals surface area contributed by atoms with Gasteiger partial charge in [-0.3, -0.25) is 4.90 Å². The van der Waals surface area contributed by atoms with Gasteiger partial charge >= 0.3 is 6.18 Å². The highest BCUT2D eigenvalue weighted by Crippen LogP contribution is 2.32. The highest BCUT2D eigenvalue weighted by Gasteiger charge is 2.30. The number of aromatic nitrogens is 2. The van der Waals surface area contributed by atoms with E-state index in [0.29, 0.717) is 11.4 Å². The second-order valence-electron chi connectivity index (χ2n) is 7.48. The van der Waals surface area contributed by atoms with E-state index >= 15 is 0 Å². The first-order chi connectivity index (χ1) is 15.0. The molecule has 31 heavy (non-hydrogen) atoms. The lowest BCUT2D eigenvalue weighted by Crippen LogP contribution is -2.30. The summed E-state index contributed by atoms with van der Waals surface area (Å²) in [5, 5.41) is 4.26. The molecule has 3 nitrogen and oxygen atoms in total. The molecule has 0 spiro atoms. The summed E-state index contributed by atoms with van der Waals surface area (Å²) < 4.78 is 38.3. The second kappa shape index (κ2) is 8.18. The third-order valence-electron chi connectivity index (χ3n) is 5.33. The van der Waals surface area contributed by atoms with E-state index in [1.54, 1.807) is 11.3 Å². The Hall–Kier alpha value is -2.55. The van der Waals surface area contributed by atoms with Gasteiger partial charge in [-0.25, -0.2) is 9.97 Å². The first kappa shape index (κ1) is 20.4. The predicted molar refractivity (Wildman–Crippen MR) is 118 cm³/mol. The maximum absolute atomic E-state index is 12.8. The van der Waals surface area contributed by atoms with Crippen molar-refractivity contribution >= 4 is 22.7 Å². The first-order valence-corrected chi connectivity index (χ1v) is 11.6. The van der Waals surface area contributed by atoms with Gasteiger partial charge in [-0.2, -0.15) is 24.5 Å². The summed E-state index contributed by atoms with van der Waals surface area (Å²) in [6.45, 7) is 2.55. The maximum Gasteiger partial charge on any atom is 0.416 e. The second-order valence-corrected chi connectivity index (χ2v) is 9.43. The van der Waals surface area contributed by atoms with Crippen LogP contribution in [-0.4, -0.2) is 21.4 Å². The van der Waals surface area contributed by atoms with Gasteiger partial charge in [-0.05, 0) is 41.1 Å². The Balaban J connectivity index is 1.28. The van der Waals surface area contributed by atoms with E-state index in [9.17, 15) is 13.2 Å². The summed E-state index contributed by atoms with van der Waals surface area (Å²) in [4.78, 5) is 14.1. The Bertz CT molecular complexity index is 1180. The summed E-state index contributed by atoms with van der Waals surface area (Å²) in [5.74, 6) is 0.472. The lowest BCUT2D eigenvalue weighted by Gasteiger charge is -2.27. The van der Waals surface area contributed by atoms with Gasteiger partial charge in [0.05, 0.1) is 11.3 Å². The molecule has 8 heteroatoms. The lowest BCUT2D eigenvalue weighted by molar-refractivity contribution is -0.137. The van der Waals surface area contributed by atoms with E-state index in [4.69, 9.17) is 0 Å². The summed E-state index contributed by atoms with van der Waals surface area (Å²) in [6.07, 6.45) is -1.73. The van der Waals surface area contributed by atoms with Crippen LogP contribution in [0, 0.1) is 0 Å². The number of benzene rings is 1. The minimum absolute atomic E-state index is 0.472. The van der Waals surface area contributed by atoms with Crippen LogP contribution in [0.2, 0.25) is 0 Å². The SMILES string of the molecule is FC(F)(F)c1ccc(-c2ncc3c(n2)CCN(Cc2ccc(-c4ccsc4)s2)C3)cc1. The van der Waals surface area contributed by atoms with Gasteiger partial charge in [0.25, 0.3) is 0 Å². The maximum atomic E-state index is 12.8. The molecular formula is C23H18F3N3S2. The molecule has 4 heterocycles. The monoisotopic (exact) mass is 457 g/mol. The highest BCUT2D eigenvalue weighted by atomic mass is 32.1. The average Bonchev–Trinajstić information content (AvgIpc) is 3.45. The van der Waals surface area contributed by atoms with Crippen LogP contribution in [-0.2, 0) is 25.7 Å². The molecule has 0 radical (unpaired) electrons. The van der Waals surface area contributed by atoms with Crippen molar-refractivity contribution in [1.82, 2.24) is 14.9 Å². The molecule has 158 valence electrons. The van der Waals surface area contributed by atoms with Crippen molar-refractivity contribution in [3.63, 3.8) is 0 Å². The fourth-order valence-electron chi connectivity index (χ4n) is 3.70. The Kier molecular flexibility index (Phi) is 5.37. The molecule has 0 aliphatic carbocycles. The molecule has 3 aromatic heterocycles. The normalized spacial score (nSPS) is 14.5. The number of nitrogens with zero attached hydrogens (tertiary/aromatic N) is 3. The van der Waals surface area contributed by atoms with E-state index in [1.807, 2.05) is 17.5 Å². The van der Waals surface area contributed by atoms with Crippen molar-refractivity contribution in [2.75, 3.05) is 6.54 Å². The average molecular weight is 458 g/mol. The van der Waals surface area contributed by atoms with E-state index in [0.717, 1.165) is 49.4 Å². The van der Waals surface area contributed by atoms with Crippen LogP contribution >= 0.6 is 22.7 Å². The molecule has 4 aromatic rings. The smallest absolute Gasteiger partial charge is 0.293 e. The van der Waals surface area contributed by atoms with Gasteiger partial charge < -0.3 is 0 Å². The fraction of sp³-hybridized carbons (Fsp3) is 0.217. The van der Waals surface area contributed by atoms with Crippen molar-refractivity contribution < 1.29 is 13.2 Å². The third-order valence-corrected chi connectivity index (χ3v) is 7.13. The quantitative estimate of drug-likeness (QED) is 0.350. The van der Waals surface area contributed by atoms with Crippen molar-refractivity contribution in [2.45, 2.75) is 25.7 Å². The molecule has 1 aromatic carbocycles. The number of hydrogen-bond donors (Lipinski definition) is 0. The molecule has 0 N–H and O–H groups in total. The lowest BCUT2D eigenvalue weighted by atomic mass is 10.1. The Morgan fingerprint density at radius 2 is 1.84 bits per heavy atom. The van der Waals surface area contributed by atoms with Crippen LogP contribution in [0.4, 0.5) is 13.2 Å². The molecule has 5 rings (SSSR count). The molecule has 0 unspecified atom stereocenters. The number of fused-ring (bicyclic) bond motifs is 1. The van der Waals surface area contributed by atoms with Crippen LogP contribution < -0.4 is 0 Å². The zero-order valence-electron chi connectivity index (χ0n) is 16.4. The van der Waals surface area contributed by atoms with Crippen molar-refractivity contribution in [3.05, 3.63) is 81.1 Å². The van der Waals surface area contributed by atoms with Crippen LogP contribution in [0.5, 0.6) is 0 Å². The minimum atomic E-state index is -4.34. The number of alkyl halides is 3. The van der Waals surface area contributed by atoms with Crippen molar-refractivity contribution in [1.29, 1.82) is 0 Å². The molecule has 0 bridgehead atoms. The van der Waals surface area contributed by atoms with Gasteiger partial charge in [0.1, 0.15) is 0 Å². The van der Waals surface area contributed by atoms with Crippen LogP contribution in [0.3, 0.4) is 0 Å². The third kappa shape index (κ3) is 4.42. The van der Waals surface area contributed by atoms with Crippen LogP contribution in [0.1, 0.15) is 21.7 Å². The van der Waals surface area contributed by atoms with Crippen LogP contribution in [0.15, 0.2) is 59.4 Å². The Morgan fingerprint density at radius 1 is 1.00 bits per heavy atom. The van der Waals surface area contributed by atoms with E-state index in [1.165, 1.54) is 27.5 Å². The van der Waals surface area contributed by atoms with Crippen LogP contribution in [0.25, 0.3) is 21.8 Å². The van der Waals surface area contributed by atoms with Gasteiger partial charge in [0.15, 0.2) is 5.82 Å². The number of rotatable bonds is 4. The minimum Gasteiger partial charge on any atom is -0.293 e. The van der Waals surface area contributed by atoms with Gasteiger partial charge in [0.2, 0.25) is 0 Å². The topological polar surface area (TPSA) is 29.0 Å². The van der Waals surface area contributed by atoms with Gasteiger partial charge in [0, 0.05) is 58.7 Å². The standard InChI is InChI=1S/C23H18F3N3S2/c24-23(25,26)18-3-1-15(2-4-18)22-27-11-17-12-29(9-7-20(17)28-22)13-19-5-6-21(31-19)16-8-10-30-14-16/h1-6,8,10-11,14H,7,9,12-13H2. The first-order valence-electron chi connectivity index (χ1n) is 9.82. The van der Waals surface area contributed by atoms with E-state index < -0.39 is 11.7 Å². The molecule has 1 aliphatic heterocycles. The highest BCUT2D eigenvalue weighted by molar-refractivity contribution is 7.16. The number of hydrogen-bond acceptors (Lipinski definition) is 5. The molecule has 1 aliphatic rings. The summed E-state index contributed by atoms with van der Waals surface area (Å²) in [7, 11) is 0.